The smallest absolute Gasteiger partial charge is 0.274 e. The Morgan fingerprint density at radius 1 is 1.25 bits per heavy atom. The molecule has 1 aromatic heterocycles. The van der Waals surface area contributed by atoms with Gasteiger partial charge in [-0.15, -0.1) is 0 Å². The van der Waals surface area contributed by atoms with Gasteiger partial charge in [-0.3, -0.25) is 4.79 Å². The molecule has 0 radical (unpaired) electrons. The molecule has 2 heterocycles. The van der Waals surface area contributed by atoms with Gasteiger partial charge in [0, 0.05) is 30.6 Å². The van der Waals surface area contributed by atoms with Crippen LogP contribution in [0.5, 0.6) is 0 Å². The maximum atomic E-state index is 11.9. The van der Waals surface area contributed by atoms with Crippen LogP contribution in [0.2, 0.25) is 0 Å². The van der Waals surface area contributed by atoms with Gasteiger partial charge in [-0.1, -0.05) is 18.2 Å². The minimum atomic E-state index is -3.65. The minimum Gasteiger partial charge on any atom is -0.371 e. The van der Waals surface area contributed by atoms with E-state index in [4.69, 9.17) is 5.14 Å². The zero-order chi connectivity index (χ0) is 16.9. The van der Waals surface area contributed by atoms with E-state index < -0.39 is 10.2 Å². The standard InChI is InChI=1S/C16H20N4O3S/c17-24(22,23)19-14-10-16(14)5-7-20(8-6-16)13-9-15(21)18-12-4-2-1-3-11(12)13/h1-4,9,14,19H,5-8,10H2,(H,18,21)(H2,17,22,23). The number of anilines is 1. The highest BCUT2D eigenvalue weighted by molar-refractivity contribution is 7.87. The SMILES string of the molecule is NS(=O)(=O)NC1CC12CCN(c1cc(=O)[nH]c3ccccc13)CC2. The molecule has 4 N–H and O–H groups in total. The molecule has 1 aromatic carbocycles. The number of para-hydroxylation sites is 1. The lowest BCUT2D eigenvalue weighted by atomic mass is 9.92. The molecule has 2 fully saturated rings. The first-order valence-electron chi connectivity index (χ1n) is 8.03. The van der Waals surface area contributed by atoms with Crippen molar-refractivity contribution in [3.63, 3.8) is 0 Å². The predicted molar refractivity (Wildman–Crippen MR) is 93.1 cm³/mol. The Morgan fingerprint density at radius 2 is 1.96 bits per heavy atom. The highest BCUT2D eigenvalue weighted by Crippen LogP contribution is 2.54. The second kappa shape index (κ2) is 5.30. The summed E-state index contributed by atoms with van der Waals surface area (Å²) < 4.78 is 24.9. The summed E-state index contributed by atoms with van der Waals surface area (Å²) in [6, 6.07) is 9.37. The topological polar surface area (TPSA) is 108 Å². The first kappa shape index (κ1) is 15.6. The minimum absolute atomic E-state index is 0.0277. The number of nitrogens with zero attached hydrogens (tertiary/aromatic N) is 1. The van der Waals surface area contributed by atoms with Gasteiger partial charge in [0.15, 0.2) is 0 Å². The highest BCUT2D eigenvalue weighted by Gasteiger charge is 2.56. The van der Waals surface area contributed by atoms with E-state index in [0.29, 0.717) is 0 Å². The molecule has 7 nitrogen and oxygen atoms in total. The third-order valence-corrected chi connectivity index (χ3v) is 5.94. The van der Waals surface area contributed by atoms with Crippen molar-refractivity contribution in [2.75, 3.05) is 18.0 Å². The van der Waals surface area contributed by atoms with Crippen LogP contribution >= 0.6 is 0 Å². The molecule has 1 aliphatic carbocycles. The lowest BCUT2D eigenvalue weighted by Crippen LogP contribution is -2.40. The van der Waals surface area contributed by atoms with Gasteiger partial charge in [-0.25, -0.2) is 5.14 Å². The molecule has 1 saturated heterocycles. The molecule has 0 amide bonds. The normalized spacial score (nSPS) is 22.9. The van der Waals surface area contributed by atoms with E-state index in [9.17, 15) is 13.2 Å². The van der Waals surface area contributed by atoms with Crippen LogP contribution < -0.4 is 20.3 Å². The summed E-state index contributed by atoms with van der Waals surface area (Å²) in [5.41, 5.74) is 1.70. The molecule has 0 bridgehead atoms. The van der Waals surface area contributed by atoms with Gasteiger partial charge in [0.1, 0.15) is 0 Å². The molecular formula is C16H20N4O3S. The average molecular weight is 348 g/mol. The van der Waals surface area contributed by atoms with Crippen molar-refractivity contribution in [2.24, 2.45) is 10.6 Å². The number of pyridine rings is 1. The number of piperidine rings is 1. The van der Waals surface area contributed by atoms with Crippen molar-refractivity contribution in [1.82, 2.24) is 9.71 Å². The number of rotatable bonds is 3. The lowest BCUT2D eigenvalue weighted by molar-refractivity contribution is 0.365. The Bertz CT molecular complexity index is 945. The molecule has 1 spiro atoms. The molecule has 1 saturated carbocycles. The van der Waals surface area contributed by atoms with E-state index in [1.54, 1.807) is 6.07 Å². The summed E-state index contributed by atoms with van der Waals surface area (Å²) in [7, 11) is -3.65. The van der Waals surface area contributed by atoms with E-state index >= 15 is 0 Å². The number of benzene rings is 1. The van der Waals surface area contributed by atoms with Crippen molar-refractivity contribution in [1.29, 1.82) is 0 Å². The number of aromatic nitrogens is 1. The number of aromatic amines is 1. The number of fused-ring (bicyclic) bond motifs is 1. The fourth-order valence-corrected chi connectivity index (χ4v) is 4.64. The number of hydrogen-bond donors (Lipinski definition) is 3. The number of nitrogens with one attached hydrogen (secondary N) is 2. The van der Waals surface area contributed by atoms with E-state index in [1.807, 2.05) is 24.3 Å². The fourth-order valence-electron chi connectivity index (χ4n) is 3.91. The summed E-state index contributed by atoms with van der Waals surface area (Å²) in [6.07, 6.45) is 2.62. The first-order chi connectivity index (χ1) is 11.4. The van der Waals surface area contributed by atoms with Crippen LogP contribution in [0.15, 0.2) is 35.1 Å². The van der Waals surface area contributed by atoms with Gasteiger partial charge in [0.25, 0.3) is 10.2 Å². The van der Waals surface area contributed by atoms with Crippen molar-refractivity contribution in [3.8, 4) is 0 Å². The van der Waals surface area contributed by atoms with E-state index in [2.05, 4.69) is 14.6 Å². The van der Waals surface area contributed by atoms with Gasteiger partial charge in [-0.05, 0) is 30.7 Å². The zero-order valence-corrected chi connectivity index (χ0v) is 14.0. The van der Waals surface area contributed by atoms with Crippen LogP contribution in [0.25, 0.3) is 10.9 Å². The average Bonchev–Trinajstić information content (AvgIpc) is 3.16. The molecule has 1 aliphatic heterocycles. The molecular weight excluding hydrogens is 328 g/mol. The van der Waals surface area contributed by atoms with Gasteiger partial charge in [0.05, 0.1) is 11.2 Å². The summed E-state index contributed by atoms with van der Waals surface area (Å²) in [5, 5.41) is 6.11. The molecule has 8 heteroatoms. The summed E-state index contributed by atoms with van der Waals surface area (Å²) in [6.45, 7) is 1.60. The Hall–Kier alpha value is -1.90. The fraction of sp³-hybridized carbons (Fsp3) is 0.438. The van der Waals surface area contributed by atoms with Crippen LogP contribution in [-0.4, -0.2) is 32.5 Å². The summed E-state index contributed by atoms with van der Waals surface area (Å²) in [4.78, 5) is 17.0. The third-order valence-electron chi connectivity index (χ3n) is 5.32. The Kier molecular flexibility index (Phi) is 3.45. The van der Waals surface area contributed by atoms with Gasteiger partial charge in [0.2, 0.25) is 5.56 Å². The molecule has 128 valence electrons. The van der Waals surface area contributed by atoms with Crippen LogP contribution in [-0.2, 0) is 10.2 Å². The molecule has 2 aromatic rings. The van der Waals surface area contributed by atoms with E-state index in [0.717, 1.165) is 48.9 Å². The molecule has 2 aliphatic rings. The van der Waals surface area contributed by atoms with Crippen molar-refractivity contribution < 1.29 is 8.42 Å². The Labute approximate surface area is 140 Å². The number of H-pyrrole nitrogens is 1. The van der Waals surface area contributed by atoms with E-state index in [1.165, 1.54) is 0 Å². The largest absolute Gasteiger partial charge is 0.371 e. The summed E-state index contributed by atoms with van der Waals surface area (Å²) >= 11 is 0. The first-order valence-corrected chi connectivity index (χ1v) is 9.58. The second-order valence-electron chi connectivity index (χ2n) is 6.83. The van der Waals surface area contributed by atoms with Crippen molar-refractivity contribution in [3.05, 3.63) is 40.7 Å². The van der Waals surface area contributed by atoms with Crippen LogP contribution in [0.4, 0.5) is 5.69 Å². The quantitative estimate of drug-likeness (QED) is 0.758. The van der Waals surface area contributed by atoms with Crippen molar-refractivity contribution >= 4 is 26.8 Å². The summed E-state index contributed by atoms with van der Waals surface area (Å²) in [5.74, 6) is 0. The Morgan fingerprint density at radius 3 is 2.67 bits per heavy atom. The van der Waals surface area contributed by atoms with E-state index in [-0.39, 0.29) is 17.0 Å². The maximum absolute atomic E-state index is 11.9. The van der Waals surface area contributed by atoms with Gasteiger partial charge < -0.3 is 9.88 Å². The highest BCUT2D eigenvalue weighted by atomic mass is 32.2. The molecule has 4 rings (SSSR count). The zero-order valence-electron chi connectivity index (χ0n) is 13.2. The lowest BCUT2D eigenvalue weighted by Gasteiger charge is -2.35. The van der Waals surface area contributed by atoms with Crippen LogP contribution in [0, 0.1) is 5.41 Å². The molecule has 1 unspecified atom stereocenters. The molecule has 24 heavy (non-hydrogen) atoms. The van der Waals surface area contributed by atoms with Gasteiger partial charge in [-0.2, -0.15) is 13.1 Å². The number of hydrogen-bond acceptors (Lipinski definition) is 4. The monoisotopic (exact) mass is 348 g/mol. The maximum Gasteiger partial charge on any atom is 0.274 e. The third kappa shape index (κ3) is 2.81. The van der Waals surface area contributed by atoms with Crippen LogP contribution in [0.3, 0.4) is 0 Å². The van der Waals surface area contributed by atoms with Crippen LogP contribution in [0.1, 0.15) is 19.3 Å². The second-order valence-corrected chi connectivity index (χ2v) is 8.16. The number of nitrogens with two attached hydrogens (primary N) is 1. The van der Waals surface area contributed by atoms with Crippen molar-refractivity contribution in [2.45, 2.75) is 25.3 Å². The Balaban J connectivity index is 1.54. The predicted octanol–water partition coefficient (Wildman–Crippen LogP) is 0.680. The molecule has 1 atom stereocenters. The van der Waals surface area contributed by atoms with Gasteiger partial charge >= 0.3 is 0 Å².